The summed E-state index contributed by atoms with van der Waals surface area (Å²) in [7, 11) is -3.67. The van der Waals surface area contributed by atoms with Crippen LogP contribution < -0.4 is 23.9 Å². The summed E-state index contributed by atoms with van der Waals surface area (Å²) in [6.07, 6.45) is 2.47. The summed E-state index contributed by atoms with van der Waals surface area (Å²) < 4.78 is 41.1. The van der Waals surface area contributed by atoms with E-state index < -0.39 is 22.5 Å². The normalized spacial score (nSPS) is 12.8. The molecule has 29 heavy (non-hydrogen) atoms. The topological polar surface area (TPSA) is 107 Å². The SMILES string of the molecule is CCOc1ccc(N(CC(=O)N/N=C/c2ccc3c(c2)OCO3)S(C)(=O)=O)cc1. The van der Waals surface area contributed by atoms with E-state index in [1.54, 1.807) is 42.5 Å². The Labute approximate surface area is 168 Å². The van der Waals surface area contributed by atoms with Crippen molar-refractivity contribution >= 4 is 27.8 Å². The molecule has 0 radical (unpaired) electrons. The molecule has 10 heteroatoms. The molecule has 1 amide bonds. The second-order valence-electron chi connectivity index (χ2n) is 6.10. The van der Waals surface area contributed by atoms with E-state index in [2.05, 4.69) is 10.5 Å². The van der Waals surface area contributed by atoms with E-state index in [-0.39, 0.29) is 6.79 Å². The highest BCUT2D eigenvalue weighted by molar-refractivity contribution is 7.92. The van der Waals surface area contributed by atoms with Crippen molar-refractivity contribution in [2.24, 2.45) is 5.10 Å². The van der Waals surface area contributed by atoms with E-state index in [1.165, 1.54) is 6.21 Å². The Morgan fingerprint density at radius 1 is 1.21 bits per heavy atom. The molecule has 1 aliphatic heterocycles. The Morgan fingerprint density at radius 3 is 2.62 bits per heavy atom. The van der Waals surface area contributed by atoms with Gasteiger partial charge in [-0.05, 0) is 55.0 Å². The third-order valence-electron chi connectivity index (χ3n) is 3.92. The number of hydrogen-bond acceptors (Lipinski definition) is 7. The van der Waals surface area contributed by atoms with Crippen LogP contribution in [0.3, 0.4) is 0 Å². The average Bonchev–Trinajstić information content (AvgIpc) is 3.14. The zero-order valence-electron chi connectivity index (χ0n) is 16.0. The molecule has 0 saturated carbocycles. The number of amides is 1. The van der Waals surface area contributed by atoms with Gasteiger partial charge in [-0.1, -0.05) is 0 Å². The first kappa shape index (κ1) is 20.5. The summed E-state index contributed by atoms with van der Waals surface area (Å²) in [5.41, 5.74) is 3.38. The molecule has 0 fully saturated rings. The molecule has 0 spiro atoms. The Hall–Kier alpha value is -3.27. The Kier molecular flexibility index (Phi) is 6.23. The van der Waals surface area contributed by atoms with Crippen molar-refractivity contribution in [1.82, 2.24) is 5.43 Å². The summed E-state index contributed by atoms with van der Waals surface area (Å²) in [6, 6.07) is 11.7. The molecule has 2 aromatic rings. The summed E-state index contributed by atoms with van der Waals surface area (Å²) in [6.45, 7) is 2.11. The number of hydrazone groups is 1. The van der Waals surface area contributed by atoms with Crippen molar-refractivity contribution in [2.75, 3.05) is 30.5 Å². The highest BCUT2D eigenvalue weighted by Crippen LogP contribution is 2.31. The second kappa shape index (κ2) is 8.82. The lowest BCUT2D eigenvalue weighted by atomic mass is 10.2. The number of nitrogens with one attached hydrogen (secondary N) is 1. The number of anilines is 1. The van der Waals surface area contributed by atoms with Gasteiger partial charge in [0.05, 0.1) is 24.8 Å². The molecule has 2 aromatic carbocycles. The highest BCUT2D eigenvalue weighted by Gasteiger charge is 2.20. The number of ether oxygens (including phenoxy) is 3. The van der Waals surface area contributed by atoms with E-state index in [1.807, 2.05) is 6.92 Å². The van der Waals surface area contributed by atoms with E-state index in [0.29, 0.717) is 35.1 Å². The molecule has 0 aromatic heterocycles. The first-order valence-electron chi connectivity index (χ1n) is 8.79. The smallest absolute Gasteiger partial charge is 0.260 e. The van der Waals surface area contributed by atoms with Crippen LogP contribution in [0.4, 0.5) is 5.69 Å². The summed E-state index contributed by atoms with van der Waals surface area (Å²) in [5, 5.41) is 3.87. The van der Waals surface area contributed by atoms with E-state index in [4.69, 9.17) is 14.2 Å². The maximum Gasteiger partial charge on any atom is 0.260 e. The first-order chi connectivity index (χ1) is 13.9. The van der Waals surface area contributed by atoms with Gasteiger partial charge in [0, 0.05) is 0 Å². The van der Waals surface area contributed by atoms with Gasteiger partial charge >= 0.3 is 0 Å². The fourth-order valence-electron chi connectivity index (χ4n) is 2.61. The lowest BCUT2D eigenvalue weighted by Crippen LogP contribution is -2.39. The predicted molar refractivity (Wildman–Crippen MR) is 108 cm³/mol. The second-order valence-corrected chi connectivity index (χ2v) is 8.01. The van der Waals surface area contributed by atoms with Crippen LogP contribution >= 0.6 is 0 Å². The third-order valence-corrected chi connectivity index (χ3v) is 5.06. The lowest BCUT2D eigenvalue weighted by molar-refractivity contribution is -0.119. The van der Waals surface area contributed by atoms with Crippen LogP contribution in [0.15, 0.2) is 47.6 Å². The molecule has 0 unspecified atom stereocenters. The van der Waals surface area contributed by atoms with Crippen molar-refractivity contribution in [3.05, 3.63) is 48.0 Å². The standard InChI is InChI=1S/C19H21N3O6S/c1-3-26-16-7-5-15(6-8-16)22(29(2,24)25)12-19(23)21-20-11-14-4-9-17-18(10-14)28-13-27-17/h4-11H,3,12-13H2,1-2H3,(H,21,23)/b20-11+. The van der Waals surface area contributed by atoms with Gasteiger partial charge in [-0.15, -0.1) is 0 Å². The monoisotopic (exact) mass is 419 g/mol. The number of fused-ring (bicyclic) bond motifs is 1. The Balaban J connectivity index is 1.64. The van der Waals surface area contributed by atoms with Crippen LogP contribution in [0.1, 0.15) is 12.5 Å². The van der Waals surface area contributed by atoms with Gasteiger partial charge in [0.2, 0.25) is 16.8 Å². The van der Waals surface area contributed by atoms with Crippen molar-refractivity contribution in [3.63, 3.8) is 0 Å². The third kappa shape index (κ3) is 5.38. The van der Waals surface area contributed by atoms with Crippen LogP contribution in [0, 0.1) is 0 Å². The summed E-state index contributed by atoms with van der Waals surface area (Å²) in [5.74, 6) is 1.27. The quantitative estimate of drug-likeness (QED) is 0.516. The van der Waals surface area contributed by atoms with Crippen molar-refractivity contribution in [2.45, 2.75) is 6.92 Å². The maximum atomic E-state index is 12.2. The fraction of sp³-hybridized carbons (Fsp3) is 0.263. The summed E-state index contributed by atoms with van der Waals surface area (Å²) in [4.78, 5) is 12.2. The molecule has 3 rings (SSSR count). The zero-order valence-corrected chi connectivity index (χ0v) is 16.8. The predicted octanol–water partition coefficient (Wildman–Crippen LogP) is 1.73. The number of rotatable bonds is 8. The molecule has 1 aliphatic rings. The van der Waals surface area contributed by atoms with Gasteiger partial charge in [-0.2, -0.15) is 5.10 Å². The lowest BCUT2D eigenvalue weighted by Gasteiger charge is -2.21. The number of benzene rings is 2. The Bertz CT molecular complexity index is 1010. The molecular formula is C19H21N3O6S. The van der Waals surface area contributed by atoms with E-state index in [9.17, 15) is 13.2 Å². The van der Waals surface area contributed by atoms with Gasteiger partial charge in [-0.25, -0.2) is 13.8 Å². The fourth-order valence-corrected chi connectivity index (χ4v) is 3.47. The number of sulfonamides is 1. The minimum atomic E-state index is -3.67. The highest BCUT2D eigenvalue weighted by atomic mass is 32.2. The molecule has 9 nitrogen and oxygen atoms in total. The molecule has 1 N–H and O–H groups in total. The molecule has 0 bridgehead atoms. The number of hydrogen-bond donors (Lipinski definition) is 1. The van der Waals surface area contributed by atoms with Gasteiger partial charge in [0.15, 0.2) is 11.5 Å². The molecular weight excluding hydrogens is 398 g/mol. The zero-order chi connectivity index (χ0) is 20.9. The minimum absolute atomic E-state index is 0.166. The van der Waals surface area contributed by atoms with Crippen molar-refractivity contribution in [3.8, 4) is 17.2 Å². The van der Waals surface area contributed by atoms with Crippen LogP contribution in [-0.4, -0.2) is 46.7 Å². The molecule has 154 valence electrons. The summed E-state index contributed by atoms with van der Waals surface area (Å²) >= 11 is 0. The van der Waals surface area contributed by atoms with Gasteiger partial charge in [-0.3, -0.25) is 9.10 Å². The molecule has 0 aliphatic carbocycles. The van der Waals surface area contributed by atoms with Crippen LogP contribution in [0.5, 0.6) is 17.2 Å². The molecule has 0 atom stereocenters. The average molecular weight is 419 g/mol. The number of nitrogens with zero attached hydrogens (tertiary/aromatic N) is 2. The maximum absolute atomic E-state index is 12.2. The number of carbonyl (C=O) groups excluding carboxylic acids is 1. The van der Waals surface area contributed by atoms with Crippen molar-refractivity contribution in [1.29, 1.82) is 0 Å². The van der Waals surface area contributed by atoms with Gasteiger partial charge in [0.1, 0.15) is 12.3 Å². The Morgan fingerprint density at radius 2 is 1.93 bits per heavy atom. The molecule has 1 heterocycles. The van der Waals surface area contributed by atoms with Crippen LogP contribution in [-0.2, 0) is 14.8 Å². The van der Waals surface area contributed by atoms with Crippen LogP contribution in [0.2, 0.25) is 0 Å². The molecule has 0 saturated heterocycles. The van der Waals surface area contributed by atoms with Crippen molar-refractivity contribution < 1.29 is 27.4 Å². The van der Waals surface area contributed by atoms with E-state index >= 15 is 0 Å². The minimum Gasteiger partial charge on any atom is -0.494 e. The van der Waals surface area contributed by atoms with Gasteiger partial charge in [0.25, 0.3) is 5.91 Å². The van der Waals surface area contributed by atoms with Gasteiger partial charge < -0.3 is 14.2 Å². The van der Waals surface area contributed by atoms with E-state index in [0.717, 1.165) is 10.6 Å². The van der Waals surface area contributed by atoms with Crippen LogP contribution in [0.25, 0.3) is 0 Å². The largest absolute Gasteiger partial charge is 0.494 e. The first-order valence-corrected chi connectivity index (χ1v) is 10.6. The number of carbonyl (C=O) groups is 1.